The highest BCUT2D eigenvalue weighted by molar-refractivity contribution is 5.96. The predicted octanol–water partition coefficient (Wildman–Crippen LogP) is 4.64. The van der Waals surface area contributed by atoms with Gasteiger partial charge in [0.1, 0.15) is 5.82 Å². The van der Waals surface area contributed by atoms with Crippen molar-refractivity contribution in [3.8, 4) is 17.2 Å². The third-order valence-electron chi connectivity index (χ3n) is 5.64. The molecule has 1 aliphatic rings. The normalized spacial score (nSPS) is 15.2. The maximum Gasteiger partial charge on any atom is 0.254 e. The van der Waals surface area contributed by atoms with Gasteiger partial charge in [-0.3, -0.25) is 4.79 Å². The Labute approximate surface area is 181 Å². The lowest BCUT2D eigenvalue weighted by atomic mass is 9.87. The fraction of sp³-hybridized carbons (Fsp3) is 0.240. The summed E-state index contributed by atoms with van der Waals surface area (Å²) >= 11 is 0. The number of hydrogen-bond donors (Lipinski definition) is 0. The van der Waals surface area contributed by atoms with E-state index in [0.717, 1.165) is 17.5 Å². The van der Waals surface area contributed by atoms with Gasteiger partial charge < -0.3 is 19.1 Å². The van der Waals surface area contributed by atoms with Crippen molar-refractivity contribution in [1.82, 2.24) is 4.90 Å². The van der Waals surface area contributed by atoms with E-state index in [-0.39, 0.29) is 17.8 Å². The van der Waals surface area contributed by atoms with Crippen molar-refractivity contribution in [2.45, 2.75) is 12.5 Å². The number of benzene rings is 3. The number of rotatable bonds is 5. The van der Waals surface area contributed by atoms with Crippen molar-refractivity contribution >= 4 is 5.91 Å². The average Bonchev–Trinajstić information content (AvgIpc) is 2.82. The zero-order valence-electron chi connectivity index (χ0n) is 17.7. The summed E-state index contributed by atoms with van der Waals surface area (Å²) in [6, 6.07) is 17.4. The van der Waals surface area contributed by atoms with E-state index in [1.807, 2.05) is 23.1 Å². The Bertz CT molecular complexity index is 1070. The van der Waals surface area contributed by atoms with E-state index in [1.54, 1.807) is 24.3 Å². The molecule has 3 aromatic rings. The average molecular weight is 421 g/mol. The SMILES string of the molecule is COc1cc(C(=O)N2CCc3ccccc3[C@@H]2c2ccc(F)cc2)cc(OC)c1OC. The molecular weight excluding hydrogens is 397 g/mol. The summed E-state index contributed by atoms with van der Waals surface area (Å²) in [7, 11) is 4.56. The van der Waals surface area contributed by atoms with Crippen LogP contribution < -0.4 is 14.2 Å². The molecule has 160 valence electrons. The number of hydrogen-bond acceptors (Lipinski definition) is 4. The molecule has 0 unspecified atom stereocenters. The molecule has 0 radical (unpaired) electrons. The van der Waals surface area contributed by atoms with Crippen LogP contribution >= 0.6 is 0 Å². The second-order valence-electron chi connectivity index (χ2n) is 7.32. The molecule has 31 heavy (non-hydrogen) atoms. The van der Waals surface area contributed by atoms with Crippen LogP contribution in [0.5, 0.6) is 17.2 Å². The zero-order valence-corrected chi connectivity index (χ0v) is 17.7. The Morgan fingerprint density at radius 2 is 1.58 bits per heavy atom. The molecule has 0 aromatic heterocycles. The zero-order chi connectivity index (χ0) is 22.0. The Hall–Kier alpha value is -3.54. The molecule has 0 bridgehead atoms. The predicted molar refractivity (Wildman–Crippen MR) is 116 cm³/mol. The molecule has 0 aliphatic carbocycles. The van der Waals surface area contributed by atoms with Crippen molar-refractivity contribution < 1.29 is 23.4 Å². The quantitative estimate of drug-likeness (QED) is 0.602. The van der Waals surface area contributed by atoms with Gasteiger partial charge in [-0.05, 0) is 47.4 Å². The Kier molecular flexibility index (Phi) is 5.80. The highest BCUT2D eigenvalue weighted by atomic mass is 19.1. The molecule has 0 N–H and O–H groups in total. The molecule has 1 heterocycles. The van der Waals surface area contributed by atoms with Gasteiger partial charge >= 0.3 is 0 Å². The van der Waals surface area contributed by atoms with E-state index < -0.39 is 0 Å². The Morgan fingerprint density at radius 3 is 2.19 bits per heavy atom. The fourth-order valence-electron chi connectivity index (χ4n) is 4.16. The molecule has 4 rings (SSSR count). The van der Waals surface area contributed by atoms with Crippen molar-refractivity contribution in [3.63, 3.8) is 0 Å². The first-order valence-corrected chi connectivity index (χ1v) is 10.0. The van der Waals surface area contributed by atoms with E-state index in [0.29, 0.717) is 29.4 Å². The van der Waals surface area contributed by atoms with Gasteiger partial charge in [0.05, 0.1) is 27.4 Å². The lowest BCUT2D eigenvalue weighted by molar-refractivity contribution is 0.0693. The van der Waals surface area contributed by atoms with Gasteiger partial charge in [0.2, 0.25) is 5.75 Å². The van der Waals surface area contributed by atoms with E-state index in [9.17, 15) is 9.18 Å². The summed E-state index contributed by atoms with van der Waals surface area (Å²) < 4.78 is 29.8. The van der Waals surface area contributed by atoms with Gasteiger partial charge in [-0.25, -0.2) is 4.39 Å². The molecule has 1 atom stereocenters. The third-order valence-corrected chi connectivity index (χ3v) is 5.64. The summed E-state index contributed by atoms with van der Waals surface area (Å²) in [5, 5.41) is 0. The minimum atomic E-state index is -0.322. The van der Waals surface area contributed by atoms with E-state index in [1.165, 1.54) is 39.0 Å². The van der Waals surface area contributed by atoms with Crippen LogP contribution in [0.1, 0.15) is 33.1 Å². The summed E-state index contributed by atoms with van der Waals surface area (Å²) in [4.78, 5) is 15.5. The minimum Gasteiger partial charge on any atom is -0.493 e. The first-order valence-electron chi connectivity index (χ1n) is 10.0. The number of fused-ring (bicyclic) bond motifs is 1. The van der Waals surface area contributed by atoms with Crippen molar-refractivity contribution in [1.29, 1.82) is 0 Å². The van der Waals surface area contributed by atoms with Crippen LogP contribution in [-0.2, 0) is 6.42 Å². The molecular formula is C25H24FNO4. The van der Waals surface area contributed by atoms with Crippen LogP contribution in [-0.4, -0.2) is 38.7 Å². The lowest BCUT2D eigenvalue weighted by Crippen LogP contribution is -2.40. The molecule has 3 aromatic carbocycles. The standard InChI is InChI=1S/C25H24FNO4/c1-29-21-14-18(15-22(30-2)24(21)31-3)25(28)27-13-12-16-6-4-5-7-20(16)23(27)17-8-10-19(26)11-9-17/h4-11,14-15,23H,12-13H2,1-3H3/t23-/m0/s1. The second kappa shape index (κ2) is 8.68. The van der Waals surface area contributed by atoms with Crippen LogP contribution in [0.2, 0.25) is 0 Å². The molecule has 0 fully saturated rings. The number of carbonyl (C=O) groups excluding carboxylic acids is 1. The Morgan fingerprint density at radius 1 is 0.935 bits per heavy atom. The van der Waals surface area contributed by atoms with Crippen molar-refractivity contribution in [3.05, 3.63) is 88.7 Å². The lowest BCUT2D eigenvalue weighted by Gasteiger charge is -2.38. The number of carbonyl (C=O) groups is 1. The number of amides is 1. The van der Waals surface area contributed by atoms with E-state index >= 15 is 0 Å². The summed E-state index contributed by atoms with van der Waals surface area (Å²) in [6.45, 7) is 0.536. The number of halogens is 1. The number of methoxy groups -OCH3 is 3. The fourth-order valence-corrected chi connectivity index (χ4v) is 4.16. The first kappa shape index (κ1) is 20.7. The monoisotopic (exact) mass is 421 g/mol. The van der Waals surface area contributed by atoms with Crippen molar-refractivity contribution in [2.75, 3.05) is 27.9 Å². The summed E-state index contributed by atoms with van der Waals surface area (Å²) in [5.41, 5.74) is 3.52. The molecule has 0 saturated heterocycles. The summed E-state index contributed by atoms with van der Waals surface area (Å²) in [6.07, 6.45) is 0.740. The Balaban J connectivity index is 1.80. The second-order valence-corrected chi connectivity index (χ2v) is 7.32. The highest BCUT2D eigenvalue weighted by Gasteiger charge is 2.33. The smallest absolute Gasteiger partial charge is 0.254 e. The van der Waals surface area contributed by atoms with E-state index in [2.05, 4.69) is 6.07 Å². The number of nitrogens with zero attached hydrogens (tertiary/aromatic N) is 1. The van der Waals surface area contributed by atoms with Crippen LogP contribution in [0.25, 0.3) is 0 Å². The van der Waals surface area contributed by atoms with Crippen LogP contribution in [0, 0.1) is 5.82 Å². The van der Waals surface area contributed by atoms with Gasteiger partial charge in [-0.1, -0.05) is 36.4 Å². The third kappa shape index (κ3) is 3.81. The maximum atomic E-state index is 13.7. The van der Waals surface area contributed by atoms with Gasteiger partial charge in [-0.2, -0.15) is 0 Å². The van der Waals surface area contributed by atoms with Gasteiger partial charge in [-0.15, -0.1) is 0 Å². The van der Waals surface area contributed by atoms with Gasteiger partial charge in [0, 0.05) is 12.1 Å². The van der Waals surface area contributed by atoms with Crippen LogP contribution in [0.15, 0.2) is 60.7 Å². The van der Waals surface area contributed by atoms with Gasteiger partial charge in [0.15, 0.2) is 11.5 Å². The largest absolute Gasteiger partial charge is 0.493 e. The van der Waals surface area contributed by atoms with E-state index in [4.69, 9.17) is 14.2 Å². The van der Waals surface area contributed by atoms with Crippen molar-refractivity contribution in [2.24, 2.45) is 0 Å². The minimum absolute atomic E-state index is 0.164. The molecule has 6 heteroatoms. The first-order chi connectivity index (χ1) is 15.1. The molecule has 1 amide bonds. The maximum absolute atomic E-state index is 13.7. The molecule has 0 spiro atoms. The molecule has 5 nitrogen and oxygen atoms in total. The van der Waals surface area contributed by atoms with Gasteiger partial charge in [0.25, 0.3) is 5.91 Å². The molecule has 0 saturated carbocycles. The van der Waals surface area contributed by atoms with Crippen LogP contribution in [0.3, 0.4) is 0 Å². The summed E-state index contributed by atoms with van der Waals surface area (Å²) in [5.74, 6) is 0.793. The van der Waals surface area contributed by atoms with Crippen LogP contribution in [0.4, 0.5) is 4.39 Å². The molecule has 1 aliphatic heterocycles. The topological polar surface area (TPSA) is 48.0 Å². The highest BCUT2D eigenvalue weighted by Crippen LogP contribution is 2.40. The number of ether oxygens (including phenoxy) is 3.